The van der Waals surface area contributed by atoms with Crippen molar-refractivity contribution < 1.29 is 4.79 Å². The summed E-state index contributed by atoms with van der Waals surface area (Å²) in [6.45, 7) is 4.40. The van der Waals surface area contributed by atoms with Crippen molar-refractivity contribution in [2.75, 3.05) is 0 Å². The maximum absolute atomic E-state index is 10.8. The van der Waals surface area contributed by atoms with E-state index in [1.165, 1.54) is 0 Å². The molecule has 0 spiro atoms. The average molecular weight is 126 g/mol. The van der Waals surface area contributed by atoms with Gasteiger partial charge in [0, 0.05) is 12.8 Å². The van der Waals surface area contributed by atoms with Crippen LogP contribution >= 0.6 is 0 Å². The number of rotatable bonds is 0. The lowest BCUT2D eigenvalue weighted by Gasteiger charge is -2.23. The van der Waals surface area contributed by atoms with E-state index in [2.05, 4.69) is 13.8 Å². The zero-order valence-corrected chi connectivity index (χ0v) is 6.18. The van der Waals surface area contributed by atoms with E-state index in [0.717, 1.165) is 25.2 Å². The number of carbonyl (C=O) groups is 1. The van der Waals surface area contributed by atoms with Gasteiger partial charge >= 0.3 is 0 Å². The molecular formula is C8H14O. The van der Waals surface area contributed by atoms with Crippen LogP contribution in [0, 0.1) is 11.8 Å². The molecule has 1 rings (SSSR count). The molecular weight excluding hydrogens is 112 g/mol. The van der Waals surface area contributed by atoms with Crippen molar-refractivity contribution in [1.82, 2.24) is 0 Å². The molecule has 52 valence electrons. The SMILES string of the molecule is C[C@@H]1CC(=O)CC[C@@H]1C. The number of carbonyl (C=O) groups excluding carboxylic acids is 1. The molecule has 0 bridgehead atoms. The first kappa shape index (κ1) is 6.79. The first-order chi connectivity index (χ1) is 4.20. The molecule has 1 aliphatic carbocycles. The Morgan fingerprint density at radius 1 is 1.33 bits per heavy atom. The Bertz CT molecular complexity index is 118. The minimum atomic E-state index is 0.459. The molecule has 0 aliphatic heterocycles. The summed E-state index contributed by atoms with van der Waals surface area (Å²) in [5, 5.41) is 0. The number of hydrogen-bond acceptors (Lipinski definition) is 1. The molecule has 0 aromatic rings. The van der Waals surface area contributed by atoms with Gasteiger partial charge in [-0.1, -0.05) is 13.8 Å². The third kappa shape index (κ3) is 1.54. The zero-order chi connectivity index (χ0) is 6.85. The van der Waals surface area contributed by atoms with Crippen LogP contribution in [-0.2, 0) is 4.79 Å². The molecule has 0 radical (unpaired) electrons. The Labute approximate surface area is 56.4 Å². The molecule has 1 aliphatic rings. The van der Waals surface area contributed by atoms with E-state index in [1.54, 1.807) is 0 Å². The molecule has 0 amide bonds. The minimum Gasteiger partial charge on any atom is -0.300 e. The number of ketones is 1. The van der Waals surface area contributed by atoms with Crippen molar-refractivity contribution in [3.63, 3.8) is 0 Å². The molecule has 0 aromatic heterocycles. The van der Waals surface area contributed by atoms with Gasteiger partial charge in [-0.05, 0) is 18.3 Å². The summed E-state index contributed by atoms with van der Waals surface area (Å²) >= 11 is 0. The van der Waals surface area contributed by atoms with Gasteiger partial charge in [0.15, 0.2) is 0 Å². The highest BCUT2D eigenvalue weighted by Crippen LogP contribution is 2.26. The lowest BCUT2D eigenvalue weighted by Crippen LogP contribution is -2.19. The largest absolute Gasteiger partial charge is 0.300 e. The summed E-state index contributed by atoms with van der Waals surface area (Å²) in [5.41, 5.74) is 0. The van der Waals surface area contributed by atoms with Gasteiger partial charge in [0.2, 0.25) is 0 Å². The fourth-order valence-corrected chi connectivity index (χ4v) is 1.34. The van der Waals surface area contributed by atoms with Crippen molar-refractivity contribution in [2.24, 2.45) is 11.8 Å². The van der Waals surface area contributed by atoms with E-state index in [4.69, 9.17) is 0 Å². The van der Waals surface area contributed by atoms with Crippen molar-refractivity contribution in [2.45, 2.75) is 33.1 Å². The lowest BCUT2D eigenvalue weighted by atomic mass is 9.81. The third-order valence-electron chi connectivity index (χ3n) is 2.40. The van der Waals surface area contributed by atoms with Gasteiger partial charge in [0.05, 0.1) is 0 Å². The van der Waals surface area contributed by atoms with Gasteiger partial charge in [-0.2, -0.15) is 0 Å². The van der Waals surface area contributed by atoms with Gasteiger partial charge in [-0.3, -0.25) is 4.79 Å². The smallest absolute Gasteiger partial charge is 0.133 e. The van der Waals surface area contributed by atoms with Crippen molar-refractivity contribution >= 4 is 5.78 Å². The molecule has 9 heavy (non-hydrogen) atoms. The van der Waals surface area contributed by atoms with Gasteiger partial charge in [-0.25, -0.2) is 0 Å². The number of hydrogen-bond donors (Lipinski definition) is 0. The Morgan fingerprint density at radius 2 is 2.00 bits per heavy atom. The van der Waals surface area contributed by atoms with E-state index in [1.807, 2.05) is 0 Å². The van der Waals surface area contributed by atoms with E-state index in [-0.39, 0.29) is 0 Å². The second-order valence-corrected chi connectivity index (χ2v) is 3.24. The highest BCUT2D eigenvalue weighted by Gasteiger charge is 2.21. The fourth-order valence-electron chi connectivity index (χ4n) is 1.34. The maximum atomic E-state index is 10.8. The minimum absolute atomic E-state index is 0.459. The number of Topliss-reactive ketones (excluding diaryl/α,β-unsaturated/α-hetero) is 1. The molecule has 0 aromatic carbocycles. The maximum Gasteiger partial charge on any atom is 0.133 e. The van der Waals surface area contributed by atoms with Crippen molar-refractivity contribution in [1.29, 1.82) is 0 Å². The normalized spacial score (nSPS) is 36.9. The Kier molecular flexibility index (Phi) is 1.89. The van der Waals surface area contributed by atoms with Gasteiger partial charge < -0.3 is 0 Å². The summed E-state index contributed by atoms with van der Waals surface area (Å²) < 4.78 is 0. The first-order valence-electron chi connectivity index (χ1n) is 3.72. The molecule has 0 heterocycles. The summed E-state index contributed by atoms with van der Waals surface area (Å²) in [6.07, 6.45) is 2.76. The van der Waals surface area contributed by atoms with Crippen LogP contribution < -0.4 is 0 Å². The Hall–Kier alpha value is -0.330. The Morgan fingerprint density at radius 3 is 2.44 bits per heavy atom. The first-order valence-corrected chi connectivity index (χ1v) is 3.72. The molecule has 2 atom stereocenters. The van der Waals surface area contributed by atoms with Gasteiger partial charge in [0.1, 0.15) is 5.78 Å². The summed E-state index contributed by atoms with van der Waals surface area (Å²) in [5.74, 6) is 1.86. The summed E-state index contributed by atoms with van der Waals surface area (Å²) in [7, 11) is 0. The van der Waals surface area contributed by atoms with Gasteiger partial charge in [0.25, 0.3) is 0 Å². The summed E-state index contributed by atoms with van der Waals surface area (Å²) in [4.78, 5) is 10.8. The highest BCUT2D eigenvalue weighted by molar-refractivity contribution is 5.79. The molecule has 0 N–H and O–H groups in total. The molecule has 1 nitrogen and oxygen atoms in total. The van der Waals surface area contributed by atoms with Crippen LogP contribution in [0.25, 0.3) is 0 Å². The van der Waals surface area contributed by atoms with E-state index < -0.39 is 0 Å². The summed E-state index contributed by atoms with van der Waals surface area (Å²) in [6, 6.07) is 0. The van der Waals surface area contributed by atoms with E-state index in [9.17, 15) is 4.79 Å². The quantitative estimate of drug-likeness (QED) is 0.485. The zero-order valence-electron chi connectivity index (χ0n) is 6.18. The topological polar surface area (TPSA) is 17.1 Å². The van der Waals surface area contributed by atoms with Crippen LogP contribution in [0.3, 0.4) is 0 Å². The monoisotopic (exact) mass is 126 g/mol. The van der Waals surface area contributed by atoms with Gasteiger partial charge in [-0.15, -0.1) is 0 Å². The van der Waals surface area contributed by atoms with E-state index >= 15 is 0 Å². The molecule has 1 fully saturated rings. The predicted molar refractivity (Wildman–Crippen MR) is 37.2 cm³/mol. The second-order valence-electron chi connectivity index (χ2n) is 3.24. The lowest BCUT2D eigenvalue weighted by molar-refractivity contribution is -0.122. The Balaban J connectivity index is 2.44. The van der Waals surface area contributed by atoms with Crippen LogP contribution in [0.2, 0.25) is 0 Å². The van der Waals surface area contributed by atoms with Crippen LogP contribution in [0.5, 0.6) is 0 Å². The third-order valence-corrected chi connectivity index (χ3v) is 2.40. The molecule has 1 heteroatoms. The standard InChI is InChI=1S/C8H14O/c1-6-3-4-8(9)5-7(6)2/h6-7H,3-5H2,1-2H3/t6-,7+/m0/s1. The van der Waals surface area contributed by atoms with Crippen molar-refractivity contribution in [3.8, 4) is 0 Å². The van der Waals surface area contributed by atoms with Crippen LogP contribution in [0.4, 0.5) is 0 Å². The van der Waals surface area contributed by atoms with E-state index in [0.29, 0.717) is 11.7 Å². The average Bonchev–Trinajstić information content (AvgIpc) is 1.80. The van der Waals surface area contributed by atoms with Crippen LogP contribution in [0.15, 0.2) is 0 Å². The molecule has 1 saturated carbocycles. The predicted octanol–water partition coefficient (Wildman–Crippen LogP) is 2.01. The van der Waals surface area contributed by atoms with Crippen LogP contribution in [0.1, 0.15) is 33.1 Å². The fraction of sp³-hybridized carbons (Fsp3) is 0.875. The second kappa shape index (κ2) is 2.51. The molecule has 0 unspecified atom stereocenters. The van der Waals surface area contributed by atoms with Crippen LogP contribution in [-0.4, -0.2) is 5.78 Å². The molecule has 0 saturated heterocycles. The highest BCUT2D eigenvalue weighted by atomic mass is 16.1. The van der Waals surface area contributed by atoms with Crippen molar-refractivity contribution in [3.05, 3.63) is 0 Å².